The molecule has 29 heavy (non-hydrogen) atoms. The lowest BCUT2D eigenvalue weighted by atomic mass is 10.1. The van der Waals surface area contributed by atoms with Crippen LogP contribution >= 0.6 is 0 Å². The quantitative estimate of drug-likeness (QED) is 0.679. The van der Waals surface area contributed by atoms with E-state index in [-0.39, 0.29) is 18.0 Å². The summed E-state index contributed by atoms with van der Waals surface area (Å²) in [6.45, 7) is 2.43. The second kappa shape index (κ2) is 9.76. The van der Waals surface area contributed by atoms with E-state index < -0.39 is 0 Å². The van der Waals surface area contributed by atoms with Crippen LogP contribution < -0.4 is 20.7 Å². The molecular weight excluding hydrogens is 364 g/mol. The predicted octanol–water partition coefficient (Wildman–Crippen LogP) is 2.02. The summed E-state index contributed by atoms with van der Waals surface area (Å²) in [5, 5.41) is 3.57. The Morgan fingerprint density at radius 2 is 1.79 bits per heavy atom. The van der Waals surface area contributed by atoms with Gasteiger partial charge < -0.3 is 20.7 Å². The van der Waals surface area contributed by atoms with Gasteiger partial charge in [0, 0.05) is 45.5 Å². The fraction of sp³-hybridized carbons (Fsp3) is 0.435. The number of methoxy groups -OCH3 is 1. The van der Waals surface area contributed by atoms with Crippen LogP contribution in [-0.2, 0) is 17.8 Å². The Labute approximate surface area is 173 Å². The van der Waals surface area contributed by atoms with Gasteiger partial charge in [0.1, 0.15) is 5.75 Å². The molecule has 0 spiro atoms. The summed E-state index contributed by atoms with van der Waals surface area (Å²) in [4.78, 5) is 16.3. The van der Waals surface area contributed by atoms with Gasteiger partial charge in [-0.2, -0.15) is 0 Å². The zero-order valence-corrected chi connectivity index (χ0v) is 17.6. The Bertz CT molecular complexity index is 790. The molecule has 2 atom stereocenters. The first kappa shape index (κ1) is 21.1. The lowest BCUT2D eigenvalue weighted by Crippen LogP contribution is -2.41. The van der Waals surface area contributed by atoms with Crippen LogP contribution in [-0.4, -0.2) is 57.2 Å². The third kappa shape index (κ3) is 5.71. The molecule has 3 rings (SSSR count). The monoisotopic (exact) mass is 396 g/mol. The molecule has 1 fully saturated rings. The smallest absolute Gasteiger partial charge is 0.234 e. The number of amides is 1. The van der Waals surface area contributed by atoms with E-state index in [4.69, 9.17) is 10.5 Å². The number of likely N-dealkylation sites (tertiary alicyclic amines) is 1. The number of hydrogen-bond donors (Lipinski definition) is 2. The van der Waals surface area contributed by atoms with Gasteiger partial charge in [-0.3, -0.25) is 9.69 Å². The highest BCUT2D eigenvalue weighted by Gasteiger charge is 2.34. The van der Waals surface area contributed by atoms with E-state index in [9.17, 15) is 4.79 Å². The molecule has 1 aliphatic rings. The highest BCUT2D eigenvalue weighted by molar-refractivity contribution is 5.80. The molecule has 0 aliphatic carbocycles. The van der Waals surface area contributed by atoms with Crippen molar-refractivity contribution in [3.05, 3.63) is 59.7 Å². The van der Waals surface area contributed by atoms with Crippen LogP contribution in [0.15, 0.2) is 48.5 Å². The Morgan fingerprint density at radius 1 is 1.14 bits per heavy atom. The summed E-state index contributed by atoms with van der Waals surface area (Å²) in [5.74, 6) is 0.620. The van der Waals surface area contributed by atoms with Crippen molar-refractivity contribution in [3.63, 3.8) is 0 Å². The lowest BCUT2D eigenvalue weighted by Gasteiger charge is -2.22. The van der Waals surface area contributed by atoms with Crippen LogP contribution in [0.3, 0.4) is 0 Å². The second-order valence-corrected chi connectivity index (χ2v) is 7.89. The first-order valence-corrected chi connectivity index (χ1v) is 10.1. The van der Waals surface area contributed by atoms with E-state index in [0.29, 0.717) is 0 Å². The van der Waals surface area contributed by atoms with Crippen molar-refractivity contribution in [2.45, 2.75) is 31.5 Å². The SMILES string of the molecule is COc1ccc(CNC2CC(C(N)=O)N(CCc3ccc(N(C)C)cc3)C2)cc1. The molecule has 1 heterocycles. The van der Waals surface area contributed by atoms with Crippen molar-refractivity contribution >= 4 is 11.6 Å². The van der Waals surface area contributed by atoms with Crippen LogP contribution in [0, 0.1) is 0 Å². The molecule has 6 heteroatoms. The van der Waals surface area contributed by atoms with Crippen molar-refractivity contribution < 1.29 is 9.53 Å². The summed E-state index contributed by atoms with van der Waals surface area (Å²) in [6.07, 6.45) is 1.66. The summed E-state index contributed by atoms with van der Waals surface area (Å²) in [7, 11) is 5.74. The molecule has 2 aromatic carbocycles. The van der Waals surface area contributed by atoms with Crippen LogP contribution in [0.25, 0.3) is 0 Å². The maximum Gasteiger partial charge on any atom is 0.234 e. The molecule has 0 saturated carbocycles. The third-order valence-electron chi connectivity index (χ3n) is 5.63. The number of hydrogen-bond acceptors (Lipinski definition) is 5. The van der Waals surface area contributed by atoms with Crippen LogP contribution in [0.1, 0.15) is 17.5 Å². The van der Waals surface area contributed by atoms with E-state index in [1.165, 1.54) is 16.8 Å². The minimum atomic E-state index is -0.235. The highest BCUT2D eigenvalue weighted by Crippen LogP contribution is 2.20. The van der Waals surface area contributed by atoms with Crippen molar-refractivity contribution in [1.29, 1.82) is 0 Å². The zero-order valence-electron chi connectivity index (χ0n) is 17.6. The first-order chi connectivity index (χ1) is 14.0. The molecule has 2 unspecified atom stereocenters. The van der Waals surface area contributed by atoms with Gasteiger partial charge >= 0.3 is 0 Å². The maximum atomic E-state index is 12.0. The summed E-state index contributed by atoms with van der Waals surface area (Å²) < 4.78 is 5.20. The minimum Gasteiger partial charge on any atom is -0.497 e. The maximum absolute atomic E-state index is 12.0. The van der Waals surface area contributed by atoms with Gasteiger partial charge in [-0.1, -0.05) is 24.3 Å². The molecular formula is C23H32N4O2. The van der Waals surface area contributed by atoms with Gasteiger partial charge in [-0.05, 0) is 48.2 Å². The molecule has 2 aromatic rings. The molecule has 1 aliphatic heterocycles. The topological polar surface area (TPSA) is 70.8 Å². The first-order valence-electron chi connectivity index (χ1n) is 10.1. The Morgan fingerprint density at radius 3 is 2.38 bits per heavy atom. The standard InChI is InChI=1S/C23H32N4O2/c1-26(2)20-8-4-17(5-9-20)12-13-27-16-19(14-22(27)23(24)28)25-15-18-6-10-21(29-3)11-7-18/h4-11,19,22,25H,12-16H2,1-3H3,(H2,24,28). The van der Waals surface area contributed by atoms with E-state index >= 15 is 0 Å². The molecule has 3 N–H and O–H groups in total. The van der Waals surface area contributed by atoms with Crippen LogP contribution in [0.4, 0.5) is 5.69 Å². The average molecular weight is 397 g/mol. The minimum absolute atomic E-state index is 0.204. The van der Waals surface area contributed by atoms with E-state index in [1.54, 1.807) is 7.11 Å². The predicted molar refractivity (Wildman–Crippen MR) is 117 cm³/mol. The van der Waals surface area contributed by atoms with Gasteiger partial charge in [0.2, 0.25) is 5.91 Å². The number of carbonyl (C=O) groups is 1. The molecule has 1 saturated heterocycles. The number of nitrogens with two attached hydrogens (primary N) is 1. The number of primary amides is 1. The molecule has 0 bridgehead atoms. The van der Waals surface area contributed by atoms with Gasteiger partial charge in [0.15, 0.2) is 0 Å². The van der Waals surface area contributed by atoms with Gasteiger partial charge in [0.05, 0.1) is 13.2 Å². The van der Waals surface area contributed by atoms with E-state index in [1.807, 2.05) is 26.2 Å². The Kier molecular flexibility index (Phi) is 7.12. The molecule has 1 amide bonds. The lowest BCUT2D eigenvalue weighted by molar-refractivity contribution is -0.122. The number of nitrogens with one attached hydrogen (secondary N) is 1. The second-order valence-electron chi connectivity index (χ2n) is 7.89. The van der Waals surface area contributed by atoms with Crippen LogP contribution in [0.2, 0.25) is 0 Å². The normalized spacial score (nSPS) is 19.3. The molecule has 0 radical (unpaired) electrons. The van der Waals surface area contributed by atoms with Crippen molar-refractivity contribution in [3.8, 4) is 5.75 Å². The third-order valence-corrected chi connectivity index (χ3v) is 5.63. The molecule has 156 valence electrons. The van der Waals surface area contributed by atoms with Crippen molar-refractivity contribution in [2.24, 2.45) is 5.73 Å². The summed E-state index contributed by atoms with van der Waals surface area (Å²) in [6, 6.07) is 16.7. The molecule has 6 nitrogen and oxygen atoms in total. The number of carbonyl (C=O) groups excluding carboxylic acids is 1. The van der Waals surface area contributed by atoms with Gasteiger partial charge in [-0.15, -0.1) is 0 Å². The molecule has 0 aromatic heterocycles. The van der Waals surface area contributed by atoms with Crippen molar-refractivity contribution in [2.75, 3.05) is 39.2 Å². The van der Waals surface area contributed by atoms with Gasteiger partial charge in [0.25, 0.3) is 0 Å². The number of ether oxygens (including phenoxy) is 1. The Hall–Kier alpha value is -2.57. The largest absolute Gasteiger partial charge is 0.497 e. The number of nitrogens with zero attached hydrogens (tertiary/aromatic N) is 2. The van der Waals surface area contributed by atoms with E-state index in [0.717, 1.165) is 38.2 Å². The zero-order chi connectivity index (χ0) is 20.8. The fourth-order valence-corrected chi connectivity index (χ4v) is 3.83. The fourth-order valence-electron chi connectivity index (χ4n) is 3.83. The summed E-state index contributed by atoms with van der Waals surface area (Å²) in [5.41, 5.74) is 9.34. The average Bonchev–Trinajstić information content (AvgIpc) is 3.15. The van der Waals surface area contributed by atoms with Gasteiger partial charge in [-0.25, -0.2) is 0 Å². The van der Waals surface area contributed by atoms with E-state index in [2.05, 4.69) is 51.5 Å². The number of rotatable bonds is 9. The summed E-state index contributed by atoms with van der Waals surface area (Å²) >= 11 is 0. The van der Waals surface area contributed by atoms with Crippen LogP contribution in [0.5, 0.6) is 5.75 Å². The highest BCUT2D eigenvalue weighted by atomic mass is 16.5. The number of benzene rings is 2. The Balaban J connectivity index is 1.53. The van der Waals surface area contributed by atoms with Crippen molar-refractivity contribution in [1.82, 2.24) is 10.2 Å². The number of anilines is 1.